The van der Waals surface area contributed by atoms with Crippen LogP contribution >= 0.6 is 23.2 Å². The summed E-state index contributed by atoms with van der Waals surface area (Å²) < 4.78 is 0. The predicted molar refractivity (Wildman–Crippen MR) is 63.8 cm³/mol. The standard InChI is InChI=1S/C9H12Cl2N4O/c1-9(2,12-3)8(16)15-5-6(10)13-4-14-7(5)11/h4,12H,1-3H3,(H,15,16). The lowest BCUT2D eigenvalue weighted by Crippen LogP contribution is -2.48. The van der Waals surface area contributed by atoms with E-state index in [1.165, 1.54) is 6.33 Å². The molecule has 1 aromatic rings. The number of nitrogens with one attached hydrogen (secondary N) is 2. The summed E-state index contributed by atoms with van der Waals surface area (Å²) in [5, 5.41) is 5.66. The summed E-state index contributed by atoms with van der Waals surface area (Å²) in [6, 6.07) is 0. The summed E-state index contributed by atoms with van der Waals surface area (Å²) in [5.74, 6) is -0.270. The fraction of sp³-hybridized carbons (Fsp3) is 0.444. The Morgan fingerprint density at radius 2 is 1.81 bits per heavy atom. The van der Waals surface area contributed by atoms with E-state index in [1.54, 1.807) is 20.9 Å². The smallest absolute Gasteiger partial charge is 0.244 e. The topological polar surface area (TPSA) is 66.9 Å². The minimum Gasteiger partial charge on any atom is -0.319 e. The zero-order valence-electron chi connectivity index (χ0n) is 9.14. The second-order valence-electron chi connectivity index (χ2n) is 3.66. The van der Waals surface area contributed by atoms with Gasteiger partial charge in [0.2, 0.25) is 5.91 Å². The molecule has 0 bridgehead atoms. The van der Waals surface area contributed by atoms with Crippen LogP contribution in [0.5, 0.6) is 0 Å². The van der Waals surface area contributed by atoms with E-state index < -0.39 is 5.54 Å². The first-order valence-corrected chi connectivity index (χ1v) is 5.30. The lowest BCUT2D eigenvalue weighted by molar-refractivity contribution is -0.121. The quantitative estimate of drug-likeness (QED) is 0.815. The molecule has 0 aliphatic rings. The normalized spacial score (nSPS) is 11.3. The molecule has 2 N–H and O–H groups in total. The molecule has 1 rings (SSSR count). The highest BCUT2D eigenvalue weighted by Gasteiger charge is 2.26. The predicted octanol–water partition coefficient (Wildman–Crippen LogP) is 1.72. The number of hydrogen-bond donors (Lipinski definition) is 2. The number of halogens is 2. The molecule has 5 nitrogen and oxygen atoms in total. The van der Waals surface area contributed by atoms with Crippen LogP contribution in [0.4, 0.5) is 5.69 Å². The number of carbonyl (C=O) groups excluding carboxylic acids is 1. The van der Waals surface area contributed by atoms with Crippen LogP contribution in [-0.4, -0.2) is 28.5 Å². The Morgan fingerprint density at radius 1 is 1.31 bits per heavy atom. The van der Waals surface area contributed by atoms with Crippen LogP contribution in [0, 0.1) is 0 Å². The first kappa shape index (κ1) is 13.2. The molecule has 7 heteroatoms. The molecule has 0 saturated heterocycles. The molecule has 0 atom stereocenters. The molecular formula is C9H12Cl2N4O. The monoisotopic (exact) mass is 262 g/mol. The number of aromatic nitrogens is 2. The van der Waals surface area contributed by atoms with Gasteiger partial charge in [0.25, 0.3) is 0 Å². The number of amides is 1. The van der Waals surface area contributed by atoms with E-state index in [0.717, 1.165) is 0 Å². The van der Waals surface area contributed by atoms with E-state index in [4.69, 9.17) is 23.2 Å². The summed E-state index contributed by atoms with van der Waals surface area (Å²) in [6.45, 7) is 3.46. The van der Waals surface area contributed by atoms with Gasteiger partial charge in [0.1, 0.15) is 12.0 Å². The summed E-state index contributed by atoms with van der Waals surface area (Å²) in [4.78, 5) is 19.3. The third-order valence-electron chi connectivity index (χ3n) is 2.19. The van der Waals surface area contributed by atoms with Gasteiger partial charge >= 0.3 is 0 Å². The van der Waals surface area contributed by atoms with Gasteiger partial charge in [0.15, 0.2) is 10.3 Å². The molecule has 0 aliphatic carbocycles. The molecule has 88 valence electrons. The average Bonchev–Trinajstić information content (AvgIpc) is 2.23. The van der Waals surface area contributed by atoms with Gasteiger partial charge in [-0.05, 0) is 20.9 Å². The van der Waals surface area contributed by atoms with E-state index in [9.17, 15) is 4.79 Å². The van der Waals surface area contributed by atoms with Crippen LogP contribution in [0.15, 0.2) is 6.33 Å². The summed E-state index contributed by atoms with van der Waals surface area (Å²) >= 11 is 11.6. The zero-order valence-corrected chi connectivity index (χ0v) is 10.6. The molecule has 1 amide bonds. The highest BCUT2D eigenvalue weighted by atomic mass is 35.5. The molecule has 16 heavy (non-hydrogen) atoms. The van der Waals surface area contributed by atoms with E-state index >= 15 is 0 Å². The number of hydrogen-bond acceptors (Lipinski definition) is 4. The van der Waals surface area contributed by atoms with Gasteiger partial charge < -0.3 is 10.6 Å². The Hall–Kier alpha value is -0.910. The van der Waals surface area contributed by atoms with Gasteiger partial charge in [-0.15, -0.1) is 0 Å². The van der Waals surface area contributed by atoms with Crippen molar-refractivity contribution in [1.29, 1.82) is 0 Å². The first-order valence-electron chi connectivity index (χ1n) is 4.55. The van der Waals surface area contributed by atoms with Crippen LogP contribution in [0.3, 0.4) is 0 Å². The molecule has 0 saturated carbocycles. The zero-order chi connectivity index (χ0) is 12.3. The molecule has 0 radical (unpaired) electrons. The fourth-order valence-corrected chi connectivity index (χ4v) is 1.24. The van der Waals surface area contributed by atoms with Gasteiger partial charge in [0, 0.05) is 0 Å². The first-order chi connectivity index (χ1) is 7.38. The minimum absolute atomic E-state index is 0.111. The van der Waals surface area contributed by atoms with Crippen molar-refractivity contribution in [3.05, 3.63) is 16.6 Å². The number of anilines is 1. The largest absolute Gasteiger partial charge is 0.319 e. The van der Waals surface area contributed by atoms with Crippen LogP contribution in [-0.2, 0) is 4.79 Å². The average molecular weight is 263 g/mol. The van der Waals surface area contributed by atoms with Gasteiger partial charge in [-0.25, -0.2) is 9.97 Å². The van der Waals surface area contributed by atoms with E-state index in [0.29, 0.717) is 0 Å². The van der Waals surface area contributed by atoms with E-state index in [1.807, 2.05) is 0 Å². The van der Waals surface area contributed by atoms with Crippen molar-refractivity contribution in [1.82, 2.24) is 15.3 Å². The molecule has 0 fully saturated rings. The van der Waals surface area contributed by atoms with Crippen molar-refractivity contribution in [3.8, 4) is 0 Å². The van der Waals surface area contributed by atoms with Crippen LogP contribution < -0.4 is 10.6 Å². The molecule has 1 aromatic heterocycles. The van der Waals surface area contributed by atoms with Crippen LogP contribution in [0.1, 0.15) is 13.8 Å². The SMILES string of the molecule is CNC(C)(C)C(=O)Nc1c(Cl)ncnc1Cl. The Balaban J connectivity index is 2.94. The minimum atomic E-state index is -0.734. The molecule has 0 aliphatic heterocycles. The second kappa shape index (κ2) is 4.95. The Morgan fingerprint density at radius 3 is 2.25 bits per heavy atom. The van der Waals surface area contributed by atoms with Gasteiger partial charge in [0.05, 0.1) is 5.54 Å². The van der Waals surface area contributed by atoms with E-state index in [2.05, 4.69) is 20.6 Å². The third-order valence-corrected chi connectivity index (χ3v) is 2.76. The molecule has 0 spiro atoms. The second-order valence-corrected chi connectivity index (χ2v) is 4.38. The van der Waals surface area contributed by atoms with Crippen molar-refractivity contribution in [2.45, 2.75) is 19.4 Å². The molecule has 0 unspecified atom stereocenters. The lowest BCUT2D eigenvalue weighted by atomic mass is 10.1. The maximum Gasteiger partial charge on any atom is 0.244 e. The Labute approximate surface area is 104 Å². The number of likely N-dealkylation sites (N-methyl/N-ethyl adjacent to an activating group) is 1. The van der Waals surface area contributed by atoms with Gasteiger partial charge in [-0.1, -0.05) is 23.2 Å². The molecular weight excluding hydrogens is 251 g/mol. The number of carbonyl (C=O) groups is 1. The van der Waals surface area contributed by atoms with Crippen molar-refractivity contribution in [2.24, 2.45) is 0 Å². The number of nitrogens with zero attached hydrogens (tertiary/aromatic N) is 2. The Bertz CT molecular complexity index is 388. The highest BCUT2D eigenvalue weighted by molar-refractivity contribution is 6.38. The molecule has 1 heterocycles. The Kier molecular flexibility index (Phi) is 4.07. The van der Waals surface area contributed by atoms with Crippen molar-refractivity contribution in [3.63, 3.8) is 0 Å². The van der Waals surface area contributed by atoms with Crippen molar-refractivity contribution >= 4 is 34.8 Å². The summed E-state index contributed by atoms with van der Waals surface area (Å²) in [7, 11) is 1.68. The number of rotatable bonds is 3. The fourth-order valence-electron chi connectivity index (χ4n) is 0.831. The summed E-state index contributed by atoms with van der Waals surface area (Å²) in [5.41, 5.74) is -0.512. The third kappa shape index (κ3) is 2.81. The molecule has 0 aromatic carbocycles. The van der Waals surface area contributed by atoms with Gasteiger partial charge in [-0.2, -0.15) is 0 Å². The van der Waals surface area contributed by atoms with E-state index in [-0.39, 0.29) is 21.9 Å². The van der Waals surface area contributed by atoms with Crippen molar-refractivity contribution < 1.29 is 4.79 Å². The van der Waals surface area contributed by atoms with Crippen LogP contribution in [0.2, 0.25) is 10.3 Å². The highest BCUT2D eigenvalue weighted by Crippen LogP contribution is 2.26. The summed E-state index contributed by atoms with van der Waals surface area (Å²) in [6.07, 6.45) is 1.23. The maximum atomic E-state index is 11.8. The van der Waals surface area contributed by atoms with Crippen molar-refractivity contribution in [2.75, 3.05) is 12.4 Å². The van der Waals surface area contributed by atoms with Gasteiger partial charge in [-0.3, -0.25) is 4.79 Å². The maximum absolute atomic E-state index is 11.8. The lowest BCUT2D eigenvalue weighted by Gasteiger charge is -2.22. The van der Waals surface area contributed by atoms with Crippen LogP contribution in [0.25, 0.3) is 0 Å².